The Balaban J connectivity index is 1.61. The summed E-state index contributed by atoms with van der Waals surface area (Å²) in [6.07, 6.45) is 2.65. The number of carbonyl (C=O) groups is 2. The lowest BCUT2D eigenvalue weighted by atomic mass is 10.0. The molecule has 0 fully saturated rings. The van der Waals surface area contributed by atoms with Crippen molar-refractivity contribution in [1.29, 1.82) is 0 Å². The molecule has 1 heterocycles. The number of aromatic nitrogens is 2. The number of rotatable bonds is 9. The van der Waals surface area contributed by atoms with E-state index in [4.69, 9.17) is 4.98 Å². The van der Waals surface area contributed by atoms with Crippen molar-refractivity contribution in [2.45, 2.75) is 30.8 Å². The van der Waals surface area contributed by atoms with Crippen molar-refractivity contribution in [3.63, 3.8) is 0 Å². The van der Waals surface area contributed by atoms with Crippen LogP contribution in [0.5, 0.6) is 0 Å². The predicted molar refractivity (Wildman–Crippen MR) is 131 cm³/mol. The fourth-order valence-electron chi connectivity index (χ4n) is 3.78. The Hall–Kier alpha value is -3.58. The van der Waals surface area contributed by atoms with Crippen molar-refractivity contribution in [1.82, 2.24) is 14.9 Å². The van der Waals surface area contributed by atoms with Gasteiger partial charge in [-0.05, 0) is 28.0 Å². The summed E-state index contributed by atoms with van der Waals surface area (Å²) in [5.41, 5.74) is 3.14. The molecule has 0 unspecified atom stereocenters. The van der Waals surface area contributed by atoms with Gasteiger partial charge in [-0.1, -0.05) is 72.4 Å². The van der Waals surface area contributed by atoms with Gasteiger partial charge in [0.25, 0.3) is 0 Å². The first-order valence-corrected chi connectivity index (χ1v) is 11.7. The van der Waals surface area contributed by atoms with Crippen molar-refractivity contribution >= 4 is 34.4 Å². The smallest absolute Gasteiger partial charge is 0.335 e. The van der Waals surface area contributed by atoms with Crippen LogP contribution in [0.3, 0.4) is 0 Å². The van der Waals surface area contributed by atoms with E-state index in [1.807, 2.05) is 30.5 Å². The lowest BCUT2D eigenvalue weighted by molar-refractivity contribution is -0.118. The number of carboxylic acids is 1. The number of fused-ring (bicyclic) bond motifs is 1. The van der Waals surface area contributed by atoms with Crippen molar-refractivity contribution in [3.05, 3.63) is 95.3 Å². The van der Waals surface area contributed by atoms with Crippen LogP contribution in [0.25, 0.3) is 10.8 Å². The summed E-state index contributed by atoms with van der Waals surface area (Å²) in [5, 5.41) is 15.5. The molecule has 4 aromatic rings. The van der Waals surface area contributed by atoms with Gasteiger partial charge in [-0.25, -0.2) is 9.78 Å². The molecule has 0 aliphatic rings. The second-order valence-electron chi connectivity index (χ2n) is 7.76. The van der Waals surface area contributed by atoms with Gasteiger partial charge in [0.05, 0.1) is 17.8 Å². The largest absolute Gasteiger partial charge is 0.478 e. The molecule has 0 aliphatic carbocycles. The van der Waals surface area contributed by atoms with E-state index < -0.39 is 5.97 Å². The van der Waals surface area contributed by atoms with Gasteiger partial charge in [0.2, 0.25) is 5.91 Å². The Labute approximate surface area is 196 Å². The molecule has 4 rings (SSSR count). The van der Waals surface area contributed by atoms with Gasteiger partial charge >= 0.3 is 5.97 Å². The minimum atomic E-state index is -0.929. The third-order valence-electron chi connectivity index (χ3n) is 5.37. The Morgan fingerprint density at radius 1 is 1.00 bits per heavy atom. The fraction of sp³-hybridized carbons (Fsp3) is 0.192. The molecule has 33 heavy (non-hydrogen) atoms. The van der Waals surface area contributed by atoms with E-state index in [-0.39, 0.29) is 5.91 Å². The SMILES string of the molecule is CC(=O)NCCc1cn(Cc2cccc3ccccc23)c(SCc2ccccc2C(=O)O)n1. The molecule has 1 amide bonds. The summed E-state index contributed by atoms with van der Waals surface area (Å²) in [5.74, 6) is -0.494. The first kappa shape index (κ1) is 22.6. The third-order valence-corrected chi connectivity index (χ3v) is 6.41. The number of benzene rings is 3. The van der Waals surface area contributed by atoms with E-state index in [1.165, 1.54) is 35.0 Å². The number of thioether (sulfide) groups is 1. The van der Waals surface area contributed by atoms with Crippen molar-refractivity contribution in [2.75, 3.05) is 6.54 Å². The van der Waals surface area contributed by atoms with Crippen LogP contribution in [0.15, 0.2) is 78.1 Å². The Morgan fingerprint density at radius 2 is 1.73 bits per heavy atom. The number of carbonyl (C=O) groups excluding carboxylic acids is 1. The average molecular weight is 460 g/mol. The predicted octanol–water partition coefficient (Wildman–Crippen LogP) is 4.75. The van der Waals surface area contributed by atoms with Gasteiger partial charge in [-0.15, -0.1) is 0 Å². The van der Waals surface area contributed by atoms with E-state index in [2.05, 4.69) is 40.2 Å². The molecule has 7 heteroatoms. The summed E-state index contributed by atoms with van der Waals surface area (Å²) >= 11 is 1.52. The molecule has 0 aliphatic heterocycles. The van der Waals surface area contributed by atoms with Gasteiger partial charge in [0, 0.05) is 31.8 Å². The highest BCUT2D eigenvalue weighted by atomic mass is 32.2. The van der Waals surface area contributed by atoms with E-state index in [0.29, 0.717) is 30.8 Å². The zero-order valence-corrected chi connectivity index (χ0v) is 19.1. The van der Waals surface area contributed by atoms with Gasteiger partial charge in [-0.2, -0.15) is 0 Å². The van der Waals surface area contributed by atoms with Crippen LogP contribution in [-0.2, 0) is 23.5 Å². The number of carboxylic acid groups (broad SMARTS) is 1. The lowest BCUT2D eigenvalue weighted by Gasteiger charge is -2.11. The standard InChI is InChI=1S/C26H25N3O3S/c1-18(30)27-14-13-22-16-29(15-20-10-6-9-19-7-2-4-11-23(19)20)26(28-22)33-17-21-8-3-5-12-24(21)25(31)32/h2-12,16H,13-15,17H2,1H3,(H,27,30)(H,31,32). The fourth-order valence-corrected chi connectivity index (χ4v) is 4.78. The highest BCUT2D eigenvalue weighted by Crippen LogP contribution is 2.27. The number of amides is 1. The van der Waals surface area contributed by atoms with Crippen LogP contribution >= 0.6 is 11.8 Å². The first-order valence-electron chi connectivity index (χ1n) is 10.7. The van der Waals surface area contributed by atoms with Crippen LogP contribution in [-0.4, -0.2) is 33.1 Å². The average Bonchev–Trinajstić information content (AvgIpc) is 3.19. The van der Waals surface area contributed by atoms with Crippen LogP contribution in [0, 0.1) is 0 Å². The number of nitrogens with zero attached hydrogens (tertiary/aromatic N) is 2. The quantitative estimate of drug-likeness (QED) is 0.353. The first-order chi connectivity index (χ1) is 16.0. The van der Waals surface area contributed by atoms with E-state index in [0.717, 1.165) is 16.4 Å². The van der Waals surface area contributed by atoms with Gasteiger partial charge in [0.15, 0.2) is 5.16 Å². The summed E-state index contributed by atoms with van der Waals surface area (Å²) in [6.45, 7) is 2.67. The lowest BCUT2D eigenvalue weighted by Crippen LogP contribution is -2.22. The highest BCUT2D eigenvalue weighted by Gasteiger charge is 2.14. The van der Waals surface area contributed by atoms with Crippen LogP contribution in [0.2, 0.25) is 0 Å². The van der Waals surface area contributed by atoms with Crippen molar-refractivity contribution in [2.24, 2.45) is 0 Å². The van der Waals surface area contributed by atoms with Crippen LogP contribution in [0.1, 0.15) is 34.1 Å². The molecular weight excluding hydrogens is 434 g/mol. The number of hydrogen-bond acceptors (Lipinski definition) is 4. The molecule has 6 nitrogen and oxygen atoms in total. The minimum absolute atomic E-state index is 0.0648. The maximum absolute atomic E-state index is 11.6. The molecule has 1 aromatic heterocycles. The minimum Gasteiger partial charge on any atom is -0.478 e. The molecule has 0 saturated heterocycles. The normalized spacial score (nSPS) is 10.9. The number of hydrogen-bond donors (Lipinski definition) is 2. The molecular formula is C26H25N3O3S. The molecule has 0 spiro atoms. The summed E-state index contributed by atoms with van der Waals surface area (Å²) in [7, 11) is 0. The van der Waals surface area contributed by atoms with Gasteiger partial charge < -0.3 is 15.0 Å². The molecule has 0 bridgehead atoms. The Morgan fingerprint density at radius 3 is 2.55 bits per heavy atom. The molecule has 0 atom stereocenters. The van der Waals surface area contributed by atoms with E-state index in [1.54, 1.807) is 12.1 Å². The summed E-state index contributed by atoms with van der Waals surface area (Å²) in [4.78, 5) is 27.6. The van der Waals surface area contributed by atoms with Gasteiger partial charge in [0.1, 0.15) is 0 Å². The Kier molecular flexibility index (Phi) is 7.10. The summed E-state index contributed by atoms with van der Waals surface area (Å²) in [6, 6.07) is 21.6. The molecule has 3 aromatic carbocycles. The summed E-state index contributed by atoms with van der Waals surface area (Å²) < 4.78 is 2.11. The molecule has 168 valence electrons. The highest BCUT2D eigenvalue weighted by molar-refractivity contribution is 7.98. The second-order valence-corrected chi connectivity index (χ2v) is 8.71. The Bertz CT molecular complexity index is 1290. The second kappa shape index (κ2) is 10.4. The van der Waals surface area contributed by atoms with Crippen molar-refractivity contribution in [3.8, 4) is 0 Å². The maximum atomic E-state index is 11.6. The van der Waals surface area contributed by atoms with Crippen molar-refractivity contribution < 1.29 is 14.7 Å². The number of nitrogens with one attached hydrogen (secondary N) is 1. The monoisotopic (exact) mass is 459 g/mol. The molecule has 2 N–H and O–H groups in total. The zero-order chi connectivity index (χ0) is 23.2. The van der Waals surface area contributed by atoms with E-state index in [9.17, 15) is 14.7 Å². The van der Waals surface area contributed by atoms with Gasteiger partial charge in [-0.3, -0.25) is 4.79 Å². The number of aromatic carboxylic acids is 1. The van der Waals surface area contributed by atoms with Crippen LogP contribution < -0.4 is 5.32 Å². The third kappa shape index (κ3) is 5.62. The number of imidazole rings is 1. The topological polar surface area (TPSA) is 84.2 Å². The maximum Gasteiger partial charge on any atom is 0.335 e. The molecule has 0 radical (unpaired) electrons. The van der Waals surface area contributed by atoms with Crippen LogP contribution in [0.4, 0.5) is 0 Å². The zero-order valence-electron chi connectivity index (χ0n) is 18.3. The van der Waals surface area contributed by atoms with E-state index >= 15 is 0 Å². The molecule has 0 saturated carbocycles.